The molecule has 3 N–H and O–H groups in total. The molecule has 0 saturated carbocycles. The number of aliphatic hydroxyl groups is 1. The van der Waals surface area contributed by atoms with Crippen LogP contribution < -0.4 is 5.32 Å². The third-order valence-corrected chi connectivity index (χ3v) is 3.35. The van der Waals surface area contributed by atoms with Gasteiger partial charge in [0.1, 0.15) is 0 Å². The van der Waals surface area contributed by atoms with Crippen LogP contribution in [0.2, 0.25) is 0 Å². The van der Waals surface area contributed by atoms with Crippen molar-refractivity contribution in [3.05, 3.63) is 41.1 Å². The van der Waals surface area contributed by atoms with Gasteiger partial charge in [0.2, 0.25) is 0 Å². The Kier molecular flexibility index (Phi) is 4.15. The molecule has 3 heteroatoms. The lowest BCUT2D eigenvalue weighted by atomic mass is 9.93. The normalized spacial score (nSPS) is 15.3. The third kappa shape index (κ3) is 2.99. The Labute approximate surface area is 108 Å². The summed E-state index contributed by atoms with van der Waals surface area (Å²) in [6.45, 7) is 3.05. The Hall–Kier alpha value is -1.61. The van der Waals surface area contributed by atoms with E-state index < -0.39 is 0 Å². The number of benzene rings is 1. The van der Waals surface area contributed by atoms with Crippen molar-refractivity contribution < 1.29 is 5.11 Å². The molecule has 1 aliphatic heterocycles. The summed E-state index contributed by atoms with van der Waals surface area (Å²) in [4.78, 5) is 0. The van der Waals surface area contributed by atoms with E-state index in [0.29, 0.717) is 24.5 Å². The second-order valence-electron chi connectivity index (χ2n) is 4.83. The molecule has 96 valence electrons. The Morgan fingerprint density at radius 3 is 3.00 bits per heavy atom. The number of nitrogens with one attached hydrogen (secondary N) is 2. The highest BCUT2D eigenvalue weighted by Gasteiger charge is 2.15. The number of allylic oxidation sites excluding steroid dienone is 1. The monoisotopic (exact) mass is 244 g/mol. The first-order valence-electron chi connectivity index (χ1n) is 6.41. The van der Waals surface area contributed by atoms with Crippen molar-refractivity contribution in [2.75, 3.05) is 6.61 Å². The van der Waals surface area contributed by atoms with Gasteiger partial charge >= 0.3 is 0 Å². The molecule has 3 nitrogen and oxygen atoms in total. The SMILES string of the molecule is CC(CC(=N)CCO)C1=Cc2ccccc2CN1. The highest BCUT2D eigenvalue weighted by molar-refractivity contribution is 5.82. The third-order valence-electron chi connectivity index (χ3n) is 3.35. The topological polar surface area (TPSA) is 56.1 Å². The molecule has 18 heavy (non-hydrogen) atoms. The predicted octanol–water partition coefficient (Wildman–Crippen LogP) is 2.56. The standard InChI is InChI=1S/C15H20N2O/c1-11(8-14(16)6-7-18)15-9-12-4-2-3-5-13(12)10-17-15/h2-5,9,11,16-18H,6-8,10H2,1H3. The molecule has 1 aliphatic rings. The first kappa shape index (κ1) is 12.8. The number of hydrogen-bond acceptors (Lipinski definition) is 3. The summed E-state index contributed by atoms with van der Waals surface area (Å²) in [5, 5.41) is 20.0. The van der Waals surface area contributed by atoms with Gasteiger partial charge in [0.05, 0.1) is 0 Å². The van der Waals surface area contributed by atoms with Gasteiger partial charge in [-0.1, -0.05) is 31.2 Å². The van der Waals surface area contributed by atoms with E-state index in [9.17, 15) is 0 Å². The van der Waals surface area contributed by atoms with Crippen LogP contribution in [0, 0.1) is 11.3 Å². The van der Waals surface area contributed by atoms with E-state index in [0.717, 1.165) is 6.54 Å². The summed E-state index contributed by atoms with van der Waals surface area (Å²) in [7, 11) is 0. The van der Waals surface area contributed by atoms with E-state index in [2.05, 4.69) is 42.6 Å². The van der Waals surface area contributed by atoms with E-state index in [4.69, 9.17) is 10.5 Å². The van der Waals surface area contributed by atoms with Crippen molar-refractivity contribution in [1.82, 2.24) is 5.32 Å². The molecule has 0 spiro atoms. The minimum absolute atomic E-state index is 0.0703. The van der Waals surface area contributed by atoms with Crippen molar-refractivity contribution in [3.63, 3.8) is 0 Å². The Morgan fingerprint density at radius 2 is 2.22 bits per heavy atom. The second-order valence-corrected chi connectivity index (χ2v) is 4.83. The largest absolute Gasteiger partial charge is 0.396 e. The van der Waals surface area contributed by atoms with E-state index in [-0.39, 0.29) is 6.61 Å². The highest BCUT2D eigenvalue weighted by atomic mass is 16.3. The lowest BCUT2D eigenvalue weighted by Crippen LogP contribution is -2.23. The van der Waals surface area contributed by atoms with Crippen molar-refractivity contribution >= 4 is 11.8 Å². The van der Waals surface area contributed by atoms with Crippen molar-refractivity contribution in [1.29, 1.82) is 5.41 Å². The maximum absolute atomic E-state index is 8.82. The van der Waals surface area contributed by atoms with Crippen molar-refractivity contribution in [2.24, 2.45) is 5.92 Å². The number of fused-ring (bicyclic) bond motifs is 1. The zero-order chi connectivity index (χ0) is 13.0. The maximum Gasteiger partial charge on any atom is 0.0483 e. The van der Waals surface area contributed by atoms with Crippen LogP contribution in [-0.2, 0) is 6.54 Å². The molecule has 0 radical (unpaired) electrons. The van der Waals surface area contributed by atoms with Gasteiger partial charge in [-0.3, -0.25) is 0 Å². The van der Waals surface area contributed by atoms with Crippen LogP contribution in [0.4, 0.5) is 0 Å². The summed E-state index contributed by atoms with van der Waals surface area (Å²) >= 11 is 0. The van der Waals surface area contributed by atoms with E-state index in [1.165, 1.54) is 16.8 Å². The maximum atomic E-state index is 8.82. The van der Waals surface area contributed by atoms with Crippen LogP contribution in [-0.4, -0.2) is 17.4 Å². The molecule has 1 unspecified atom stereocenters. The first-order valence-corrected chi connectivity index (χ1v) is 6.41. The fourth-order valence-corrected chi connectivity index (χ4v) is 2.28. The summed E-state index contributed by atoms with van der Waals surface area (Å²) in [5.74, 6) is 0.303. The van der Waals surface area contributed by atoms with Crippen LogP contribution in [0.15, 0.2) is 30.0 Å². The molecule has 1 aromatic carbocycles. The van der Waals surface area contributed by atoms with Gasteiger partial charge in [-0.2, -0.15) is 0 Å². The molecule has 1 atom stereocenters. The lowest BCUT2D eigenvalue weighted by molar-refractivity contribution is 0.306. The number of rotatable bonds is 5. The Morgan fingerprint density at radius 1 is 1.44 bits per heavy atom. The first-order chi connectivity index (χ1) is 8.70. The number of hydrogen-bond donors (Lipinski definition) is 3. The predicted molar refractivity (Wildman–Crippen MR) is 74.5 cm³/mol. The average Bonchev–Trinajstić information content (AvgIpc) is 2.38. The molecule has 0 aromatic heterocycles. The molecular formula is C15H20N2O. The molecule has 1 aromatic rings. The molecule has 2 rings (SSSR count). The van der Waals surface area contributed by atoms with E-state index >= 15 is 0 Å². The smallest absolute Gasteiger partial charge is 0.0483 e. The molecule has 0 bridgehead atoms. The molecule has 1 heterocycles. The van der Waals surface area contributed by atoms with Crippen molar-refractivity contribution in [3.8, 4) is 0 Å². The van der Waals surface area contributed by atoms with E-state index in [1.54, 1.807) is 0 Å². The second kappa shape index (κ2) is 5.83. The Bertz CT molecular complexity index is 465. The quantitative estimate of drug-likeness (QED) is 0.697. The van der Waals surface area contributed by atoms with Gasteiger partial charge in [-0.25, -0.2) is 0 Å². The van der Waals surface area contributed by atoms with Crippen LogP contribution in [0.3, 0.4) is 0 Å². The van der Waals surface area contributed by atoms with Crippen LogP contribution in [0.25, 0.3) is 6.08 Å². The van der Waals surface area contributed by atoms with Gasteiger partial charge in [-0.05, 0) is 23.6 Å². The Balaban J connectivity index is 2.06. The van der Waals surface area contributed by atoms with Gasteiger partial charge in [0.25, 0.3) is 0 Å². The van der Waals surface area contributed by atoms with E-state index in [1.807, 2.05) is 0 Å². The van der Waals surface area contributed by atoms with Crippen LogP contribution >= 0.6 is 0 Å². The van der Waals surface area contributed by atoms with Crippen LogP contribution in [0.5, 0.6) is 0 Å². The molecule has 0 fully saturated rings. The average molecular weight is 244 g/mol. The van der Waals surface area contributed by atoms with Gasteiger partial charge in [-0.15, -0.1) is 0 Å². The summed E-state index contributed by atoms with van der Waals surface area (Å²) in [6.07, 6.45) is 3.37. The van der Waals surface area contributed by atoms with Crippen molar-refractivity contribution in [2.45, 2.75) is 26.3 Å². The van der Waals surface area contributed by atoms with Gasteiger partial charge in [0.15, 0.2) is 0 Å². The summed E-state index contributed by atoms with van der Waals surface area (Å²) in [6, 6.07) is 8.37. The fourth-order valence-electron chi connectivity index (χ4n) is 2.28. The molecule has 0 amide bonds. The zero-order valence-electron chi connectivity index (χ0n) is 10.7. The minimum Gasteiger partial charge on any atom is -0.396 e. The highest BCUT2D eigenvalue weighted by Crippen LogP contribution is 2.23. The zero-order valence-corrected chi connectivity index (χ0v) is 10.7. The van der Waals surface area contributed by atoms with Gasteiger partial charge < -0.3 is 15.8 Å². The summed E-state index contributed by atoms with van der Waals surface area (Å²) in [5.41, 5.74) is 4.40. The fraction of sp³-hybridized carbons (Fsp3) is 0.400. The molecule has 0 aliphatic carbocycles. The minimum atomic E-state index is 0.0703. The van der Waals surface area contributed by atoms with Gasteiger partial charge in [0, 0.05) is 36.9 Å². The summed E-state index contributed by atoms with van der Waals surface area (Å²) < 4.78 is 0. The number of aliphatic hydroxyl groups excluding tert-OH is 1. The molecule has 0 saturated heterocycles. The van der Waals surface area contributed by atoms with Crippen LogP contribution in [0.1, 0.15) is 30.9 Å². The lowest BCUT2D eigenvalue weighted by Gasteiger charge is -2.23. The molecular weight excluding hydrogens is 224 g/mol.